The molecule has 0 saturated carbocycles. The maximum Gasteiger partial charge on any atom is 0.216 e. The molecule has 1 rings (SSSR count). The minimum Gasteiger partial charge on any atom is -0.355 e. The van der Waals surface area contributed by atoms with Crippen molar-refractivity contribution in [3.8, 4) is 11.8 Å². The molecule has 0 radical (unpaired) electrons. The molecule has 0 heterocycles. The molecule has 14 heavy (non-hydrogen) atoms. The second-order valence-corrected chi connectivity index (χ2v) is 2.90. The Hall–Kier alpha value is -1.75. The van der Waals surface area contributed by atoms with Gasteiger partial charge in [-0.05, 0) is 12.1 Å². The third-order valence-electron chi connectivity index (χ3n) is 1.63. The quantitative estimate of drug-likeness (QED) is 0.552. The Labute approximate surface area is 84.3 Å². The van der Waals surface area contributed by atoms with E-state index >= 15 is 0 Å². The molecule has 2 nitrogen and oxygen atoms in total. The Morgan fingerprint density at radius 3 is 2.71 bits per heavy atom. The van der Waals surface area contributed by atoms with Crippen molar-refractivity contribution in [2.75, 3.05) is 6.54 Å². The van der Waals surface area contributed by atoms with Gasteiger partial charge in [-0.15, -0.1) is 0 Å². The van der Waals surface area contributed by atoms with Gasteiger partial charge in [0.15, 0.2) is 0 Å². The molecule has 0 bridgehead atoms. The molecule has 0 spiro atoms. The molecular formula is C12H13NO. The molecule has 2 heteroatoms. The highest BCUT2D eigenvalue weighted by Gasteiger charge is 1.86. The van der Waals surface area contributed by atoms with Crippen molar-refractivity contribution in [1.29, 1.82) is 0 Å². The van der Waals surface area contributed by atoms with Gasteiger partial charge in [-0.1, -0.05) is 30.0 Å². The van der Waals surface area contributed by atoms with E-state index in [1.807, 2.05) is 30.3 Å². The zero-order valence-corrected chi connectivity index (χ0v) is 8.21. The second kappa shape index (κ2) is 5.82. The Morgan fingerprint density at radius 2 is 2.07 bits per heavy atom. The number of carbonyl (C=O) groups is 1. The van der Waals surface area contributed by atoms with E-state index in [1.54, 1.807) is 0 Å². The Kier molecular flexibility index (Phi) is 4.30. The zero-order valence-electron chi connectivity index (χ0n) is 8.21. The first kappa shape index (κ1) is 10.3. The highest BCUT2D eigenvalue weighted by Crippen LogP contribution is 1.94. The number of hydrogen-bond acceptors (Lipinski definition) is 1. The minimum absolute atomic E-state index is 0.00786. The van der Waals surface area contributed by atoms with Crippen LogP contribution in [0.1, 0.15) is 18.9 Å². The normalized spacial score (nSPS) is 8.64. The maximum absolute atomic E-state index is 10.5. The highest BCUT2D eigenvalue weighted by molar-refractivity contribution is 5.72. The van der Waals surface area contributed by atoms with Gasteiger partial charge in [-0.3, -0.25) is 4.79 Å². The SMILES string of the molecule is CC(=O)NCCC#Cc1ccccc1. The Morgan fingerprint density at radius 1 is 1.36 bits per heavy atom. The van der Waals surface area contributed by atoms with Crippen LogP contribution in [-0.4, -0.2) is 12.5 Å². The number of hydrogen-bond donors (Lipinski definition) is 1. The summed E-state index contributed by atoms with van der Waals surface area (Å²) in [5.41, 5.74) is 1.01. The zero-order chi connectivity index (χ0) is 10.2. The van der Waals surface area contributed by atoms with E-state index in [0.29, 0.717) is 13.0 Å². The topological polar surface area (TPSA) is 29.1 Å². The Bertz CT molecular complexity index is 346. The molecular weight excluding hydrogens is 174 g/mol. The standard InChI is InChI=1S/C12H13NO/c1-11(14)13-10-6-5-9-12-7-3-2-4-8-12/h2-4,7-8H,6,10H2,1H3,(H,13,14). The van der Waals surface area contributed by atoms with Crippen molar-refractivity contribution in [3.63, 3.8) is 0 Å². The molecule has 0 atom stereocenters. The lowest BCUT2D eigenvalue weighted by molar-refractivity contribution is -0.118. The molecule has 0 saturated heterocycles. The largest absolute Gasteiger partial charge is 0.355 e. The molecule has 72 valence electrons. The summed E-state index contributed by atoms with van der Waals surface area (Å²) in [5.74, 6) is 6.00. The molecule has 0 aliphatic carbocycles. The highest BCUT2D eigenvalue weighted by atomic mass is 16.1. The fourth-order valence-corrected chi connectivity index (χ4v) is 0.987. The molecule has 1 aromatic rings. The lowest BCUT2D eigenvalue weighted by Gasteiger charge is -1.94. The summed E-state index contributed by atoms with van der Waals surface area (Å²) in [6.07, 6.45) is 0.689. The first-order chi connectivity index (χ1) is 6.79. The molecule has 0 aliphatic rings. The summed E-state index contributed by atoms with van der Waals surface area (Å²) >= 11 is 0. The van der Waals surface area contributed by atoms with Gasteiger partial charge in [-0.25, -0.2) is 0 Å². The summed E-state index contributed by atoms with van der Waals surface area (Å²) in [6.45, 7) is 2.12. The van der Waals surface area contributed by atoms with E-state index < -0.39 is 0 Å². The van der Waals surface area contributed by atoms with Crippen LogP contribution in [-0.2, 0) is 4.79 Å². The first-order valence-electron chi connectivity index (χ1n) is 4.57. The van der Waals surface area contributed by atoms with Crippen molar-refractivity contribution in [2.24, 2.45) is 0 Å². The summed E-state index contributed by atoms with van der Waals surface area (Å²) < 4.78 is 0. The van der Waals surface area contributed by atoms with Gasteiger partial charge in [-0.2, -0.15) is 0 Å². The predicted molar refractivity (Wildman–Crippen MR) is 56.6 cm³/mol. The number of benzene rings is 1. The lowest BCUT2D eigenvalue weighted by atomic mass is 10.2. The fourth-order valence-electron chi connectivity index (χ4n) is 0.987. The number of carbonyl (C=O) groups excluding carboxylic acids is 1. The third-order valence-corrected chi connectivity index (χ3v) is 1.63. The van der Waals surface area contributed by atoms with E-state index in [0.717, 1.165) is 5.56 Å². The average Bonchev–Trinajstić information content (AvgIpc) is 2.18. The van der Waals surface area contributed by atoms with Crippen LogP contribution >= 0.6 is 0 Å². The van der Waals surface area contributed by atoms with E-state index in [1.165, 1.54) is 6.92 Å². The van der Waals surface area contributed by atoms with Crippen LogP contribution in [0.15, 0.2) is 30.3 Å². The Balaban J connectivity index is 2.31. The predicted octanol–water partition coefficient (Wildman–Crippen LogP) is 1.56. The van der Waals surface area contributed by atoms with Gasteiger partial charge in [0.2, 0.25) is 5.91 Å². The summed E-state index contributed by atoms with van der Waals surface area (Å²) in [4.78, 5) is 10.5. The van der Waals surface area contributed by atoms with Crippen LogP contribution in [0.4, 0.5) is 0 Å². The number of amides is 1. The summed E-state index contributed by atoms with van der Waals surface area (Å²) in [7, 11) is 0. The van der Waals surface area contributed by atoms with Crippen LogP contribution in [0.3, 0.4) is 0 Å². The van der Waals surface area contributed by atoms with E-state index in [2.05, 4.69) is 17.2 Å². The van der Waals surface area contributed by atoms with E-state index in [9.17, 15) is 4.79 Å². The molecule has 1 N–H and O–H groups in total. The average molecular weight is 187 g/mol. The van der Waals surface area contributed by atoms with Gasteiger partial charge >= 0.3 is 0 Å². The van der Waals surface area contributed by atoms with Gasteiger partial charge in [0.1, 0.15) is 0 Å². The molecule has 0 aliphatic heterocycles. The fraction of sp³-hybridized carbons (Fsp3) is 0.250. The van der Waals surface area contributed by atoms with Gasteiger partial charge in [0.25, 0.3) is 0 Å². The smallest absolute Gasteiger partial charge is 0.216 e. The van der Waals surface area contributed by atoms with Gasteiger partial charge in [0.05, 0.1) is 0 Å². The van der Waals surface area contributed by atoms with E-state index in [4.69, 9.17) is 0 Å². The molecule has 1 aromatic carbocycles. The van der Waals surface area contributed by atoms with Crippen molar-refractivity contribution in [1.82, 2.24) is 5.32 Å². The van der Waals surface area contributed by atoms with Crippen LogP contribution in [0, 0.1) is 11.8 Å². The third kappa shape index (κ3) is 4.32. The number of rotatable bonds is 2. The van der Waals surface area contributed by atoms with Crippen molar-refractivity contribution in [2.45, 2.75) is 13.3 Å². The molecule has 0 fully saturated rings. The van der Waals surface area contributed by atoms with Crippen molar-refractivity contribution in [3.05, 3.63) is 35.9 Å². The van der Waals surface area contributed by atoms with E-state index in [-0.39, 0.29) is 5.91 Å². The first-order valence-corrected chi connectivity index (χ1v) is 4.57. The van der Waals surface area contributed by atoms with Crippen molar-refractivity contribution >= 4 is 5.91 Å². The summed E-state index contributed by atoms with van der Waals surface area (Å²) in [5, 5.41) is 2.69. The van der Waals surface area contributed by atoms with Crippen LogP contribution in [0.2, 0.25) is 0 Å². The van der Waals surface area contributed by atoms with Gasteiger partial charge < -0.3 is 5.32 Å². The molecule has 0 unspecified atom stereocenters. The summed E-state index contributed by atoms with van der Waals surface area (Å²) in [6, 6.07) is 9.80. The van der Waals surface area contributed by atoms with Gasteiger partial charge in [0, 0.05) is 25.5 Å². The maximum atomic E-state index is 10.5. The minimum atomic E-state index is -0.00786. The van der Waals surface area contributed by atoms with Crippen LogP contribution in [0.5, 0.6) is 0 Å². The molecule has 0 aromatic heterocycles. The lowest BCUT2D eigenvalue weighted by Crippen LogP contribution is -2.20. The van der Waals surface area contributed by atoms with Crippen LogP contribution in [0.25, 0.3) is 0 Å². The monoisotopic (exact) mass is 187 g/mol. The number of nitrogens with one attached hydrogen (secondary N) is 1. The second-order valence-electron chi connectivity index (χ2n) is 2.90. The van der Waals surface area contributed by atoms with Crippen molar-refractivity contribution < 1.29 is 4.79 Å². The molecule has 1 amide bonds. The van der Waals surface area contributed by atoms with Crippen LogP contribution < -0.4 is 5.32 Å².